The molecule has 4 heteroatoms. The lowest BCUT2D eigenvalue weighted by molar-refractivity contribution is 0.490. The lowest BCUT2D eigenvalue weighted by Crippen LogP contribution is -2.16. The van der Waals surface area contributed by atoms with Crippen molar-refractivity contribution in [1.29, 1.82) is 0 Å². The summed E-state index contributed by atoms with van der Waals surface area (Å²) in [5.74, 6) is 1.97. The first-order valence-corrected chi connectivity index (χ1v) is 7.54. The summed E-state index contributed by atoms with van der Waals surface area (Å²) in [6, 6.07) is 6.02. The van der Waals surface area contributed by atoms with Crippen LogP contribution in [0.3, 0.4) is 0 Å². The fourth-order valence-electron chi connectivity index (χ4n) is 2.99. The molecule has 3 rings (SSSR count). The van der Waals surface area contributed by atoms with Crippen LogP contribution in [0.1, 0.15) is 43.3 Å². The van der Waals surface area contributed by atoms with Crippen molar-refractivity contribution in [2.75, 3.05) is 6.54 Å². The molecule has 0 fully saturated rings. The second-order valence-electron chi connectivity index (χ2n) is 5.99. The number of aromatic nitrogens is 2. The van der Waals surface area contributed by atoms with Crippen LogP contribution in [0.4, 0.5) is 0 Å². The average Bonchev–Trinajstić information content (AvgIpc) is 2.92. The first-order valence-electron chi connectivity index (χ1n) is 7.16. The van der Waals surface area contributed by atoms with Crippen molar-refractivity contribution in [3.8, 4) is 11.3 Å². The monoisotopic (exact) mass is 289 g/mol. The summed E-state index contributed by atoms with van der Waals surface area (Å²) in [7, 11) is 0. The molecule has 20 heavy (non-hydrogen) atoms. The summed E-state index contributed by atoms with van der Waals surface area (Å²) in [5, 5.41) is 0.786. The number of nitrogens with two attached hydrogens (primary N) is 1. The van der Waals surface area contributed by atoms with Crippen LogP contribution in [0.2, 0.25) is 5.02 Å². The van der Waals surface area contributed by atoms with Gasteiger partial charge in [-0.15, -0.1) is 0 Å². The Morgan fingerprint density at radius 2 is 2.20 bits per heavy atom. The number of hydrogen-bond donors (Lipinski definition) is 2. The van der Waals surface area contributed by atoms with Crippen molar-refractivity contribution in [2.45, 2.75) is 32.6 Å². The summed E-state index contributed by atoms with van der Waals surface area (Å²) < 4.78 is 0. The molecular weight excluding hydrogens is 270 g/mol. The van der Waals surface area contributed by atoms with E-state index in [4.69, 9.17) is 22.3 Å². The molecule has 0 spiro atoms. The number of aromatic amines is 1. The van der Waals surface area contributed by atoms with Crippen LogP contribution < -0.4 is 5.73 Å². The van der Waals surface area contributed by atoms with Gasteiger partial charge in [0.15, 0.2) is 0 Å². The van der Waals surface area contributed by atoms with Gasteiger partial charge in [0.2, 0.25) is 0 Å². The number of imidazole rings is 1. The predicted octanol–water partition coefficient (Wildman–Crippen LogP) is 3.72. The van der Waals surface area contributed by atoms with E-state index in [9.17, 15) is 0 Å². The highest BCUT2D eigenvalue weighted by Crippen LogP contribution is 2.37. The Morgan fingerprint density at radius 1 is 1.40 bits per heavy atom. The molecule has 1 aliphatic carbocycles. The lowest BCUT2D eigenvalue weighted by atomic mass is 9.96. The van der Waals surface area contributed by atoms with Crippen LogP contribution in [0, 0.1) is 5.92 Å². The van der Waals surface area contributed by atoms with Gasteiger partial charge in [-0.05, 0) is 30.0 Å². The Morgan fingerprint density at radius 3 is 2.90 bits per heavy atom. The Labute approximate surface area is 124 Å². The molecule has 1 aliphatic rings. The number of nitrogens with one attached hydrogen (secondary N) is 1. The van der Waals surface area contributed by atoms with Gasteiger partial charge in [0.05, 0.1) is 5.69 Å². The van der Waals surface area contributed by atoms with E-state index in [1.807, 2.05) is 12.1 Å². The highest BCUT2D eigenvalue weighted by atomic mass is 35.5. The maximum atomic E-state index is 6.05. The molecule has 1 aromatic carbocycles. The molecule has 1 heterocycles. The van der Waals surface area contributed by atoms with Crippen LogP contribution in [0.25, 0.3) is 11.3 Å². The van der Waals surface area contributed by atoms with E-state index in [-0.39, 0.29) is 0 Å². The Hall–Kier alpha value is -1.32. The van der Waals surface area contributed by atoms with Crippen molar-refractivity contribution < 1.29 is 0 Å². The molecular formula is C16H20ClN3. The zero-order chi connectivity index (χ0) is 14.3. The van der Waals surface area contributed by atoms with Crippen molar-refractivity contribution in [3.63, 3.8) is 0 Å². The fraction of sp³-hybridized carbons (Fsp3) is 0.438. The summed E-state index contributed by atoms with van der Waals surface area (Å²) in [5.41, 5.74) is 10.6. The van der Waals surface area contributed by atoms with E-state index in [1.165, 1.54) is 16.8 Å². The van der Waals surface area contributed by atoms with E-state index in [2.05, 4.69) is 24.9 Å². The largest absolute Gasteiger partial charge is 0.345 e. The molecule has 1 atom stereocenters. The summed E-state index contributed by atoms with van der Waals surface area (Å²) in [4.78, 5) is 8.29. The molecule has 106 valence electrons. The van der Waals surface area contributed by atoms with Crippen LogP contribution in [-0.4, -0.2) is 16.5 Å². The van der Waals surface area contributed by atoms with E-state index in [0.717, 1.165) is 29.4 Å². The van der Waals surface area contributed by atoms with Crippen molar-refractivity contribution in [2.24, 2.45) is 11.7 Å². The minimum absolute atomic E-state index is 0.316. The van der Waals surface area contributed by atoms with E-state index in [1.54, 1.807) is 0 Å². The molecule has 0 amide bonds. The average molecular weight is 290 g/mol. The number of H-pyrrole nitrogens is 1. The molecule has 0 saturated carbocycles. The van der Waals surface area contributed by atoms with Crippen molar-refractivity contribution >= 4 is 11.6 Å². The standard InChI is InChI=1S/C16H20ClN3/c1-9(2)5-11(8-18)16-19-14-7-10-6-12(17)3-4-13(10)15(14)20-16/h3-4,6,9,11H,5,7-8,18H2,1-2H3,(H,19,20). The molecule has 2 aromatic rings. The second kappa shape index (κ2) is 5.23. The van der Waals surface area contributed by atoms with Gasteiger partial charge in [-0.2, -0.15) is 0 Å². The van der Waals surface area contributed by atoms with Gasteiger partial charge in [-0.25, -0.2) is 4.98 Å². The normalized spacial score (nSPS) is 14.4. The first kappa shape index (κ1) is 13.7. The topological polar surface area (TPSA) is 54.7 Å². The van der Waals surface area contributed by atoms with Gasteiger partial charge in [0.1, 0.15) is 5.82 Å². The highest BCUT2D eigenvalue weighted by molar-refractivity contribution is 6.30. The third kappa shape index (κ3) is 2.36. The number of halogens is 1. The minimum Gasteiger partial charge on any atom is -0.345 e. The van der Waals surface area contributed by atoms with Gasteiger partial charge in [-0.3, -0.25) is 0 Å². The maximum Gasteiger partial charge on any atom is 0.111 e. The summed E-state index contributed by atoms with van der Waals surface area (Å²) >= 11 is 6.05. The third-order valence-electron chi connectivity index (χ3n) is 3.91. The smallest absolute Gasteiger partial charge is 0.111 e. The Kier molecular flexibility index (Phi) is 3.57. The highest BCUT2D eigenvalue weighted by Gasteiger charge is 2.25. The fourth-order valence-corrected chi connectivity index (χ4v) is 3.19. The van der Waals surface area contributed by atoms with Crippen LogP contribution in [-0.2, 0) is 6.42 Å². The van der Waals surface area contributed by atoms with Crippen LogP contribution in [0.5, 0.6) is 0 Å². The van der Waals surface area contributed by atoms with Gasteiger partial charge >= 0.3 is 0 Å². The first-order chi connectivity index (χ1) is 9.58. The molecule has 0 radical (unpaired) electrons. The molecule has 0 bridgehead atoms. The van der Waals surface area contributed by atoms with E-state index >= 15 is 0 Å². The maximum absolute atomic E-state index is 6.05. The van der Waals surface area contributed by atoms with Gasteiger partial charge < -0.3 is 10.7 Å². The number of hydrogen-bond acceptors (Lipinski definition) is 2. The predicted molar refractivity (Wildman–Crippen MR) is 83.1 cm³/mol. The molecule has 3 N–H and O–H groups in total. The van der Waals surface area contributed by atoms with Gasteiger partial charge in [0, 0.05) is 35.2 Å². The quantitative estimate of drug-likeness (QED) is 0.769. The molecule has 3 nitrogen and oxygen atoms in total. The Balaban J connectivity index is 1.94. The summed E-state index contributed by atoms with van der Waals surface area (Å²) in [6.07, 6.45) is 1.95. The number of rotatable bonds is 4. The molecule has 0 aliphatic heterocycles. The van der Waals surface area contributed by atoms with Crippen molar-refractivity contribution in [1.82, 2.24) is 9.97 Å². The number of fused-ring (bicyclic) bond motifs is 3. The SMILES string of the molecule is CC(C)CC(CN)c1nc2c([nH]1)Cc1cc(Cl)ccc1-2. The molecule has 1 aromatic heterocycles. The second-order valence-corrected chi connectivity index (χ2v) is 6.43. The zero-order valence-corrected chi connectivity index (χ0v) is 12.7. The molecule has 0 saturated heterocycles. The minimum atomic E-state index is 0.316. The molecule has 1 unspecified atom stereocenters. The van der Waals surface area contributed by atoms with Crippen molar-refractivity contribution in [3.05, 3.63) is 40.3 Å². The van der Waals surface area contributed by atoms with E-state index < -0.39 is 0 Å². The zero-order valence-electron chi connectivity index (χ0n) is 11.9. The van der Waals surface area contributed by atoms with Gasteiger partial charge in [-0.1, -0.05) is 31.5 Å². The third-order valence-corrected chi connectivity index (χ3v) is 4.15. The van der Waals surface area contributed by atoms with E-state index in [0.29, 0.717) is 18.4 Å². The Bertz CT molecular complexity index is 631. The number of benzene rings is 1. The van der Waals surface area contributed by atoms with Gasteiger partial charge in [0.25, 0.3) is 0 Å². The number of nitrogens with zero attached hydrogens (tertiary/aromatic N) is 1. The van der Waals surface area contributed by atoms with Crippen LogP contribution >= 0.6 is 11.6 Å². The summed E-state index contributed by atoms with van der Waals surface area (Å²) in [6.45, 7) is 5.07. The van der Waals surface area contributed by atoms with Crippen LogP contribution in [0.15, 0.2) is 18.2 Å². The lowest BCUT2D eigenvalue weighted by Gasteiger charge is -2.14.